The molecule has 2 aromatic heterocycles. The van der Waals surface area contributed by atoms with Gasteiger partial charge in [-0.25, -0.2) is 9.97 Å². The first-order valence-electron chi connectivity index (χ1n) is 10.3. The van der Waals surface area contributed by atoms with Gasteiger partial charge in [-0.15, -0.1) is 0 Å². The fraction of sp³-hybridized carbons (Fsp3) is 0.409. The average molecular weight is 454 g/mol. The summed E-state index contributed by atoms with van der Waals surface area (Å²) in [7, 11) is 2.04. The number of pyridine rings is 2. The summed E-state index contributed by atoms with van der Waals surface area (Å²) in [6.45, 7) is 5.02. The molecule has 0 aliphatic carbocycles. The Bertz CT molecular complexity index is 1090. The first kappa shape index (κ1) is 23.5. The van der Waals surface area contributed by atoms with Crippen molar-refractivity contribution in [2.45, 2.75) is 30.0 Å². The second kappa shape index (κ2) is 10.4. The zero-order chi connectivity index (χ0) is 23.3. The van der Waals surface area contributed by atoms with Gasteiger partial charge in [0.15, 0.2) is 0 Å². The van der Waals surface area contributed by atoms with Crippen LogP contribution in [-0.2, 0) is 11.2 Å². The van der Waals surface area contributed by atoms with E-state index >= 15 is 0 Å². The first-order chi connectivity index (χ1) is 15.4. The van der Waals surface area contributed by atoms with Gasteiger partial charge in [0.05, 0.1) is 16.8 Å². The second-order valence-electron chi connectivity index (χ2n) is 7.48. The third-order valence-corrected chi connectivity index (χ3v) is 6.57. The van der Waals surface area contributed by atoms with E-state index in [1.54, 1.807) is 0 Å². The lowest BCUT2D eigenvalue weighted by Crippen LogP contribution is -2.30. The number of carbonyl (C=O) groups excluding carboxylic acids is 1. The van der Waals surface area contributed by atoms with E-state index in [0.717, 1.165) is 37.8 Å². The van der Waals surface area contributed by atoms with E-state index in [0.29, 0.717) is 29.9 Å². The number of carbonyl (C=O) groups is 1. The largest absolute Gasteiger partial charge is 0.368 e. The lowest BCUT2D eigenvalue weighted by atomic mass is 10.0. The Kier molecular flexibility index (Phi) is 7.62. The van der Waals surface area contributed by atoms with E-state index in [1.165, 1.54) is 18.2 Å². The van der Waals surface area contributed by atoms with E-state index in [4.69, 9.17) is 5.73 Å². The molecular formula is C22H24FN7OS. The summed E-state index contributed by atoms with van der Waals surface area (Å²) in [6, 6.07) is 8.50. The summed E-state index contributed by atoms with van der Waals surface area (Å²) in [6.07, 6.45) is 1.35. The Morgan fingerprint density at radius 1 is 1.22 bits per heavy atom. The van der Waals surface area contributed by atoms with Crippen LogP contribution in [-0.4, -0.2) is 54.0 Å². The number of amides is 1. The number of hydrogen-bond acceptors (Lipinski definition) is 8. The molecule has 0 saturated carbocycles. The molecule has 32 heavy (non-hydrogen) atoms. The molecule has 1 fully saturated rings. The number of nitrogens with two attached hydrogens (primary N) is 1. The minimum Gasteiger partial charge on any atom is -0.368 e. The highest BCUT2D eigenvalue weighted by Crippen LogP contribution is 2.39. The van der Waals surface area contributed by atoms with Crippen molar-refractivity contribution in [3.63, 3.8) is 0 Å². The number of rotatable bonds is 6. The van der Waals surface area contributed by atoms with Crippen molar-refractivity contribution < 1.29 is 9.18 Å². The van der Waals surface area contributed by atoms with E-state index < -0.39 is 17.1 Å². The Morgan fingerprint density at radius 3 is 2.59 bits per heavy atom. The van der Waals surface area contributed by atoms with Crippen molar-refractivity contribution in [2.24, 2.45) is 5.73 Å². The van der Waals surface area contributed by atoms with Crippen LogP contribution < -0.4 is 10.6 Å². The zero-order valence-corrected chi connectivity index (χ0v) is 18.8. The van der Waals surface area contributed by atoms with Crippen molar-refractivity contribution in [1.29, 1.82) is 10.5 Å². The molecule has 1 aliphatic heterocycles. The monoisotopic (exact) mass is 453 g/mol. The molecule has 10 heteroatoms. The summed E-state index contributed by atoms with van der Waals surface area (Å²) < 4.78 is 13.7. The van der Waals surface area contributed by atoms with Crippen LogP contribution in [0.15, 0.2) is 23.2 Å². The van der Waals surface area contributed by atoms with Gasteiger partial charge in [-0.1, -0.05) is 24.8 Å². The number of halogens is 1. The highest BCUT2D eigenvalue weighted by atomic mass is 32.2. The third kappa shape index (κ3) is 4.98. The van der Waals surface area contributed by atoms with Crippen LogP contribution in [0.3, 0.4) is 0 Å². The van der Waals surface area contributed by atoms with Crippen molar-refractivity contribution >= 4 is 23.5 Å². The molecule has 3 rings (SSSR count). The Labute approximate surface area is 190 Å². The number of anilines is 1. The van der Waals surface area contributed by atoms with Gasteiger partial charge < -0.3 is 15.5 Å². The van der Waals surface area contributed by atoms with Crippen LogP contribution in [0.2, 0.25) is 0 Å². The van der Waals surface area contributed by atoms with Crippen molar-refractivity contribution in [2.75, 3.05) is 38.1 Å². The van der Waals surface area contributed by atoms with Gasteiger partial charge in [0.1, 0.15) is 28.2 Å². The maximum Gasteiger partial charge on any atom is 0.237 e. The fourth-order valence-electron chi connectivity index (χ4n) is 3.70. The van der Waals surface area contributed by atoms with Crippen LogP contribution in [0, 0.1) is 28.6 Å². The van der Waals surface area contributed by atoms with E-state index in [2.05, 4.69) is 27.0 Å². The minimum atomic E-state index is -1.04. The van der Waals surface area contributed by atoms with Crippen LogP contribution in [0.4, 0.5) is 10.2 Å². The minimum absolute atomic E-state index is 0.147. The summed E-state index contributed by atoms with van der Waals surface area (Å²) in [5, 5.41) is 19.0. The summed E-state index contributed by atoms with van der Waals surface area (Å²) in [5.74, 6) is -0.956. The molecule has 2 N–H and O–H groups in total. The molecule has 8 nitrogen and oxygen atoms in total. The van der Waals surface area contributed by atoms with Gasteiger partial charge in [-0.3, -0.25) is 4.79 Å². The number of aromatic nitrogens is 2. The van der Waals surface area contributed by atoms with E-state index in [9.17, 15) is 19.7 Å². The Morgan fingerprint density at radius 2 is 1.97 bits per heavy atom. The lowest BCUT2D eigenvalue weighted by Gasteiger charge is -2.25. The van der Waals surface area contributed by atoms with Gasteiger partial charge in [0.25, 0.3) is 0 Å². The van der Waals surface area contributed by atoms with Crippen molar-refractivity contribution in [3.8, 4) is 12.1 Å². The molecule has 1 unspecified atom stereocenters. The molecule has 0 spiro atoms. The van der Waals surface area contributed by atoms with E-state index in [-0.39, 0.29) is 16.3 Å². The van der Waals surface area contributed by atoms with Crippen LogP contribution >= 0.6 is 11.8 Å². The highest BCUT2D eigenvalue weighted by Gasteiger charge is 2.28. The number of hydrogen-bond donors (Lipinski definition) is 1. The van der Waals surface area contributed by atoms with Crippen LogP contribution in [0.25, 0.3) is 0 Å². The summed E-state index contributed by atoms with van der Waals surface area (Å²) in [4.78, 5) is 24.9. The number of nitrogens with zero attached hydrogens (tertiary/aromatic N) is 6. The molecule has 0 aromatic carbocycles. The number of thioether (sulfide) groups is 1. The predicted octanol–water partition coefficient (Wildman–Crippen LogP) is 2.38. The number of primary amides is 1. The standard InChI is InChI=1S/C22H24FN7OS/c1-3-14-15(12-24)21(30-9-5-8-29(2)10-11-30)28-22(16(14)13-25)32-19(20(26)31)17-6-4-7-18(23)27-17/h4,6-7,19H,3,5,8-11H2,1-2H3,(H2,26,31). The first-order valence-corrected chi connectivity index (χ1v) is 11.2. The van der Waals surface area contributed by atoms with Gasteiger partial charge in [-0.2, -0.15) is 14.9 Å². The van der Waals surface area contributed by atoms with Gasteiger partial charge in [0, 0.05) is 19.6 Å². The molecule has 3 heterocycles. The molecule has 166 valence electrons. The molecule has 0 bridgehead atoms. The van der Waals surface area contributed by atoms with Crippen molar-refractivity contribution in [1.82, 2.24) is 14.9 Å². The highest BCUT2D eigenvalue weighted by molar-refractivity contribution is 8.00. The second-order valence-corrected chi connectivity index (χ2v) is 8.57. The molecule has 0 radical (unpaired) electrons. The normalized spacial score (nSPS) is 15.5. The van der Waals surface area contributed by atoms with Gasteiger partial charge in [-0.05, 0) is 44.1 Å². The van der Waals surface area contributed by atoms with Crippen LogP contribution in [0.1, 0.15) is 41.0 Å². The number of likely N-dealkylation sites (N-methyl/N-ethyl adjacent to an activating group) is 1. The zero-order valence-electron chi connectivity index (χ0n) is 18.0. The van der Waals surface area contributed by atoms with Gasteiger partial charge >= 0.3 is 0 Å². The summed E-state index contributed by atoms with van der Waals surface area (Å²) >= 11 is 0.959. The maximum atomic E-state index is 13.7. The predicted molar refractivity (Wildman–Crippen MR) is 119 cm³/mol. The smallest absolute Gasteiger partial charge is 0.237 e. The molecule has 1 saturated heterocycles. The topological polar surface area (TPSA) is 123 Å². The third-order valence-electron chi connectivity index (χ3n) is 5.34. The molecule has 1 atom stereocenters. The van der Waals surface area contributed by atoms with E-state index in [1.807, 2.05) is 18.9 Å². The lowest BCUT2D eigenvalue weighted by molar-refractivity contribution is -0.117. The Hall–Kier alpha value is -3.21. The van der Waals surface area contributed by atoms with Crippen molar-refractivity contribution in [3.05, 3.63) is 46.5 Å². The SMILES string of the molecule is CCc1c(C#N)c(SC(C(N)=O)c2cccc(F)n2)nc(N2CCCN(C)CC2)c1C#N. The van der Waals surface area contributed by atoms with Gasteiger partial charge in [0.2, 0.25) is 11.9 Å². The molecule has 2 aromatic rings. The molecule has 1 amide bonds. The Balaban J connectivity index is 2.13. The number of nitriles is 2. The summed E-state index contributed by atoms with van der Waals surface area (Å²) in [5.41, 5.74) is 6.93. The quantitative estimate of drug-likeness (QED) is 0.522. The molecular weight excluding hydrogens is 429 g/mol. The fourth-order valence-corrected chi connectivity index (χ4v) is 4.72. The molecule has 1 aliphatic rings. The maximum absolute atomic E-state index is 13.7. The average Bonchev–Trinajstić information content (AvgIpc) is 3.00. The van der Waals surface area contributed by atoms with Crippen LogP contribution in [0.5, 0.6) is 0 Å².